The van der Waals surface area contributed by atoms with E-state index in [0.717, 1.165) is 43.7 Å². The number of unbranched alkanes of at least 4 members (excludes halogenated alkanes) is 3. The highest BCUT2D eigenvalue weighted by molar-refractivity contribution is 5.61. The Morgan fingerprint density at radius 3 is 2.88 bits per heavy atom. The standard InChI is InChI=1S/C25H30F2N6/c1-2-3-4-5-7-18-15-28-33(17-18)23-16-29-32-13-11-24(30-25(23)32)31-12-6-8-22(31)20-14-19(26)9-10-21(20)27/h9-11,13,15-17,20,22H,2-8,12,14H2,1H3/t20-,22?/m0/s1. The number of rotatable bonds is 8. The van der Waals surface area contributed by atoms with Crippen LogP contribution in [0.15, 0.2) is 54.7 Å². The molecule has 4 heterocycles. The molecule has 0 N–H and O–H groups in total. The van der Waals surface area contributed by atoms with E-state index in [0.29, 0.717) is 5.65 Å². The molecule has 1 saturated heterocycles. The van der Waals surface area contributed by atoms with Gasteiger partial charge in [-0.15, -0.1) is 0 Å². The summed E-state index contributed by atoms with van der Waals surface area (Å²) in [6.07, 6.45) is 17.9. The van der Waals surface area contributed by atoms with Gasteiger partial charge in [0.05, 0.1) is 12.4 Å². The van der Waals surface area contributed by atoms with Crippen LogP contribution in [0.5, 0.6) is 0 Å². The quantitative estimate of drug-likeness (QED) is 0.410. The highest BCUT2D eigenvalue weighted by Crippen LogP contribution is 2.38. The largest absolute Gasteiger partial charge is 0.353 e. The van der Waals surface area contributed by atoms with Crippen molar-refractivity contribution in [3.63, 3.8) is 0 Å². The highest BCUT2D eigenvalue weighted by atomic mass is 19.1. The minimum absolute atomic E-state index is 0.109. The molecular formula is C25H30F2N6. The molecule has 0 saturated carbocycles. The van der Waals surface area contributed by atoms with Gasteiger partial charge in [0, 0.05) is 37.3 Å². The SMILES string of the molecule is CCCCCCc1cnn(-c2cnn3ccc(N4CCCC4[C@H]4CC(F)=CC=C4F)nc23)c1. The molecule has 1 fully saturated rings. The molecule has 0 spiro atoms. The summed E-state index contributed by atoms with van der Waals surface area (Å²) in [5, 5.41) is 8.98. The summed E-state index contributed by atoms with van der Waals surface area (Å²) in [6.45, 7) is 2.99. The first-order valence-corrected chi connectivity index (χ1v) is 12.0. The van der Waals surface area contributed by atoms with Crippen molar-refractivity contribution in [2.45, 2.75) is 64.3 Å². The van der Waals surface area contributed by atoms with E-state index < -0.39 is 5.92 Å². The smallest absolute Gasteiger partial charge is 0.183 e. The van der Waals surface area contributed by atoms with E-state index in [4.69, 9.17) is 4.98 Å². The lowest BCUT2D eigenvalue weighted by atomic mass is 9.89. The van der Waals surface area contributed by atoms with Crippen LogP contribution in [-0.2, 0) is 6.42 Å². The molecule has 0 amide bonds. The van der Waals surface area contributed by atoms with Gasteiger partial charge in [-0.2, -0.15) is 10.2 Å². The average molecular weight is 453 g/mol. The summed E-state index contributed by atoms with van der Waals surface area (Å²) in [5.41, 5.74) is 2.71. The number of hydrogen-bond donors (Lipinski definition) is 0. The zero-order valence-electron chi connectivity index (χ0n) is 19.0. The molecule has 174 valence electrons. The predicted molar refractivity (Wildman–Crippen MR) is 125 cm³/mol. The van der Waals surface area contributed by atoms with Crippen molar-refractivity contribution in [2.24, 2.45) is 5.92 Å². The molecule has 1 aliphatic heterocycles. The number of nitrogens with zero attached hydrogens (tertiary/aromatic N) is 6. The fourth-order valence-corrected chi connectivity index (χ4v) is 5.03. The predicted octanol–water partition coefficient (Wildman–Crippen LogP) is 5.73. The van der Waals surface area contributed by atoms with Crippen LogP contribution in [0.2, 0.25) is 0 Å². The molecule has 1 unspecified atom stereocenters. The second-order valence-electron chi connectivity index (χ2n) is 9.07. The fourth-order valence-electron chi connectivity index (χ4n) is 5.03. The van der Waals surface area contributed by atoms with E-state index in [1.807, 2.05) is 29.3 Å². The van der Waals surface area contributed by atoms with Crippen LogP contribution in [-0.4, -0.2) is 37.0 Å². The summed E-state index contributed by atoms with van der Waals surface area (Å²) in [6, 6.07) is 1.79. The molecular weight excluding hydrogens is 422 g/mol. The highest BCUT2D eigenvalue weighted by Gasteiger charge is 2.36. The van der Waals surface area contributed by atoms with E-state index in [-0.39, 0.29) is 24.1 Å². The van der Waals surface area contributed by atoms with E-state index >= 15 is 0 Å². The number of fused-ring (bicyclic) bond motifs is 1. The van der Waals surface area contributed by atoms with Gasteiger partial charge in [-0.25, -0.2) is 23.0 Å². The van der Waals surface area contributed by atoms with Crippen LogP contribution in [0.4, 0.5) is 14.6 Å². The summed E-state index contributed by atoms with van der Waals surface area (Å²) < 4.78 is 32.0. The lowest BCUT2D eigenvalue weighted by molar-refractivity contribution is 0.361. The van der Waals surface area contributed by atoms with Crippen molar-refractivity contribution in [1.82, 2.24) is 24.4 Å². The van der Waals surface area contributed by atoms with Gasteiger partial charge in [0.1, 0.15) is 23.2 Å². The molecule has 3 aromatic rings. The Hall–Kier alpha value is -3.03. The third-order valence-electron chi connectivity index (χ3n) is 6.79. The first-order valence-electron chi connectivity index (χ1n) is 12.0. The Balaban J connectivity index is 1.39. The maximum Gasteiger partial charge on any atom is 0.183 e. The zero-order valence-corrected chi connectivity index (χ0v) is 19.0. The number of aryl methyl sites for hydroxylation is 1. The maximum atomic E-state index is 14.6. The van der Waals surface area contributed by atoms with Crippen molar-refractivity contribution in [3.8, 4) is 5.69 Å². The summed E-state index contributed by atoms with van der Waals surface area (Å²) >= 11 is 0. The summed E-state index contributed by atoms with van der Waals surface area (Å²) in [7, 11) is 0. The number of aromatic nitrogens is 5. The van der Waals surface area contributed by atoms with Gasteiger partial charge < -0.3 is 4.90 Å². The summed E-state index contributed by atoms with van der Waals surface area (Å²) in [4.78, 5) is 7.01. The number of halogens is 2. The average Bonchev–Trinajstić information content (AvgIpc) is 3.57. The molecule has 0 aromatic carbocycles. The van der Waals surface area contributed by atoms with Crippen molar-refractivity contribution in [1.29, 1.82) is 0 Å². The first-order chi connectivity index (χ1) is 16.1. The Labute approximate surface area is 192 Å². The number of allylic oxidation sites excluding steroid dienone is 3. The van der Waals surface area contributed by atoms with Crippen molar-refractivity contribution < 1.29 is 8.78 Å². The van der Waals surface area contributed by atoms with Crippen LogP contribution in [0.1, 0.15) is 57.4 Å². The second-order valence-corrected chi connectivity index (χ2v) is 9.07. The molecule has 5 rings (SSSR count). The molecule has 3 aromatic heterocycles. The Kier molecular flexibility index (Phi) is 6.24. The van der Waals surface area contributed by atoms with Gasteiger partial charge in [0.15, 0.2) is 5.65 Å². The van der Waals surface area contributed by atoms with Crippen molar-refractivity contribution in [3.05, 3.63) is 60.2 Å². The van der Waals surface area contributed by atoms with Gasteiger partial charge in [-0.05, 0) is 49.5 Å². The van der Waals surface area contributed by atoms with Crippen LogP contribution in [0.25, 0.3) is 11.3 Å². The lowest BCUT2D eigenvalue weighted by Gasteiger charge is -2.32. The molecule has 1 aliphatic carbocycles. The number of hydrogen-bond acceptors (Lipinski definition) is 4. The Bertz CT molecular complexity index is 1180. The maximum absolute atomic E-state index is 14.6. The topological polar surface area (TPSA) is 51.3 Å². The molecule has 2 aliphatic rings. The minimum Gasteiger partial charge on any atom is -0.353 e. The van der Waals surface area contributed by atoms with Crippen molar-refractivity contribution >= 4 is 11.5 Å². The normalized spacial score (nSPS) is 21.0. The molecule has 0 radical (unpaired) electrons. The molecule has 33 heavy (non-hydrogen) atoms. The van der Waals surface area contributed by atoms with Gasteiger partial charge in [-0.3, -0.25) is 0 Å². The van der Waals surface area contributed by atoms with Crippen LogP contribution in [0.3, 0.4) is 0 Å². The molecule has 8 heteroatoms. The third kappa shape index (κ3) is 4.43. The van der Waals surface area contributed by atoms with E-state index in [1.165, 1.54) is 37.0 Å². The second kappa shape index (κ2) is 9.45. The van der Waals surface area contributed by atoms with Gasteiger partial charge in [0.25, 0.3) is 0 Å². The van der Waals surface area contributed by atoms with E-state index in [2.05, 4.69) is 22.0 Å². The molecule has 2 atom stereocenters. The van der Waals surface area contributed by atoms with Gasteiger partial charge >= 0.3 is 0 Å². The first kappa shape index (κ1) is 21.8. The van der Waals surface area contributed by atoms with Gasteiger partial charge in [0.2, 0.25) is 0 Å². The minimum atomic E-state index is -0.471. The monoisotopic (exact) mass is 452 g/mol. The Morgan fingerprint density at radius 1 is 1.09 bits per heavy atom. The third-order valence-corrected chi connectivity index (χ3v) is 6.79. The lowest BCUT2D eigenvalue weighted by Crippen LogP contribution is -2.37. The van der Waals surface area contributed by atoms with E-state index in [9.17, 15) is 8.78 Å². The fraction of sp³-hybridized carbons (Fsp3) is 0.480. The van der Waals surface area contributed by atoms with Crippen molar-refractivity contribution in [2.75, 3.05) is 11.4 Å². The summed E-state index contributed by atoms with van der Waals surface area (Å²) in [5.74, 6) is -0.218. The molecule has 6 nitrogen and oxygen atoms in total. The number of anilines is 1. The Morgan fingerprint density at radius 2 is 2.00 bits per heavy atom. The van der Waals surface area contributed by atoms with Crippen LogP contribution in [0, 0.1) is 5.92 Å². The molecule has 0 bridgehead atoms. The van der Waals surface area contributed by atoms with Gasteiger partial charge in [-0.1, -0.05) is 26.2 Å². The van der Waals surface area contributed by atoms with Crippen LogP contribution < -0.4 is 4.90 Å². The zero-order chi connectivity index (χ0) is 22.8. The van der Waals surface area contributed by atoms with Crippen LogP contribution >= 0.6 is 0 Å². The van der Waals surface area contributed by atoms with E-state index in [1.54, 1.807) is 10.7 Å².